The summed E-state index contributed by atoms with van der Waals surface area (Å²) >= 11 is 0. The molecule has 0 saturated carbocycles. The van der Waals surface area contributed by atoms with E-state index in [1.165, 1.54) is 5.56 Å². The molecule has 36 heavy (non-hydrogen) atoms. The maximum Gasteiger partial charge on any atom is 0.261 e. The Morgan fingerprint density at radius 3 is 2.25 bits per heavy atom. The molecular weight excluding hydrogens is 448 g/mol. The van der Waals surface area contributed by atoms with E-state index in [-0.39, 0.29) is 18.4 Å². The van der Waals surface area contributed by atoms with E-state index >= 15 is 0 Å². The van der Waals surface area contributed by atoms with Crippen molar-refractivity contribution < 1.29 is 14.3 Å². The lowest BCUT2D eigenvalue weighted by Gasteiger charge is -2.31. The third kappa shape index (κ3) is 7.98. The number of hydrogen-bond acceptors (Lipinski definition) is 3. The monoisotopic (exact) mass is 486 g/mol. The predicted molar refractivity (Wildman–Crippen MR) is 145 cm³/mol. The van der Waals surface area contributed by atoms with Gasteiger partial charge in [-0.05, 0) is 48.1 Å². The largest absolute Gasteiger partial charge is 0.484 e. The first-order chi connectivity index (χ1) is 17.4. The van der Waals surface area contributed by atoms with Crippen molar-refractivity contribution in [2.24, 2.45) is 0 Å². The second-order valence-electron chi connectivity index (χ2n) is 9.52. The summed E-state index contributed by atoms with van der Waals surface area (Å²) in [6.07, 6.45) is 1.25. The molecule has 0 radical (unpaired) electrons. The molecule has 0 aliphatic carbocycles. The first kappa shape index (κ1) is 27.0. The number of carbonyl (C=O) groups is 2. The third-order valence-corrected chi connectivity index (χ3v) is 6.16. The van der Waals surface area contributed by atoms with Crippen molar-refractivity contribution in [2.45, 2.75) is 59.0 Å². The minimum atomic E-state index is -0.654. The molecule has 0 saturated heterocycles. The summed E-state index contributed by atoms with van der Waals surface area (Å²) in [7, 11) is 0. The fraction of sp³-hybridized carbons (Fsp3) is 0.355. The molecule has 1 N–H and O–H groups in total. The highest BCUT2D eigenvalue weighted by atomic mass is 16.5. The molecule has 0 heterocycles. The van der Waals surface area contributed by atoms with Crippen LogP contribution in [0.1, 0.15) is 55.4 Å². The molecule has 2 amide bonds. The SMILES string of the molecule is CCCNC(=O)C(Cc1ccccc1)N(Cc1cccc(C)c1)C(=O)COc1ccc(C(C)C)cc1. The van der Waals surface area contributed by atoms with Crippen LogP contribution in [0.2, 0.25) is 0 Å². The summed E-state index contributed by atoms with van der Waals surface area (Å²) in [5.41, 5.74) is 4.30. The molecule has 0 bridgehead atoms. The van der Waals surface area contributed by atoms with Crippen LogP contribution in [0, 0.1) is 6.92 Å². The summed E-state index contributed by atoms with van der Waals surface area (Å²) in [6, 6.07) is 25.0. The summed E-state index contributed by atoms with van der Waals surface area (Å²) in [6.45, 7) is 9.06. The Morgan fingerprint density at radius 1 is 0.917 bits per heavy atom. The number of carbonyl (C=O) groups excluding carboxylic acids is 2. The fourth-order valence-electron chi connectivity index (χ4n) is 4.10. The highest BCUT2D eigenvalue weighted by Gasteiger charge is 2.30. The predicted octanol–water partition coefficient (Wildman–Crippen LogP) is 5.66. The lowest BCUT2D eigenvalue weighted by atomic mass is 10.0. The number of nitrogens with zero attached hydrogens (tertiary/aromatic N) is 1. The maximum absolute atomic E-state index is 13.6. The zero-order valence-electron chi connectivity index (χ0n) is 21.9. The minimum Gasteiger partial charge on any atom is -0.484 e. The number of amides is 2. The molecular formula is C31H38N2O3. The Labute approximate surface area is 215 Å². The Morgan fingerprint density at radius 2 is 1.61 bits per heavy atom. The van der Waals surface area contributed by atoms with Crippen LogP contribution in [-0.2, 0) is 22.6 Å². The number of rotatable bonds is 12. The molecule has 3 aromatic rings. The van der Waals surface area contributed by atoms with Crippen LogP contribution >= 0.6 is 0 Å². The lowest BCUT2D eigenvalue weighted by molar-refractivity contribution is -0.142. The van der Waals surface area contributed by atoms with E-state index in [2.05, 4.69) is 25.2 Å². The van der Waals surface area contributed by atoms with E-state index in [1.807, 2.05) is 86.6 Å². The Kier molecular flexibility index (Phi) is 10.1. The topological polar surface area (TPSA) is 58.6 Å². The lowest BCUT2D eigenvalue weighted by Crippen LogP contribution is -2.51. The van der Waals surface area contributed by atoms with Crippen LogP contribution in [0.5, 0.6) is 5.75 Å². The van der Waals surface area contributed by atoms with Crippen molar-refractivity contribution in [1.82, 2.24) is 10.2 Å². The average molecular weight is 487 g/mol. The van der Waals surface area contributed by atoms with E-state index in [0.717, 1.165) is 23.1 Å². The quantitative estimate of drug-likeness (QED) is 0.359. The zero-order chi connectivity index (χ0) is 25.9. The second kappa shape index (κ2) is 13.5. The summed E-state index contributed by atoms with van der Waals surface area (Å²) < 4.78 is 5.88. The molecule has 190 valence electrons. The first-order valence-electron chi connectivity index (χ1n) is 12.8. The van der Waals surface area contributed by atoms with Gasteiger partial charge in [-0.2, -0.15) is 0 Å². The van der Waals surface area contributed by atoms with Gasteiger partial charge in [-0.25, -0.2) is 0 Å². The average Bonchev–Trinajstić information content (AvgIpc) is 2.88. The molecule has 3 aromatic carbocycles. The minimum absolute atomic E-state index is 0.140. The van der Waals surface area contributed by atoms with Crippen molar-refractivity contribution in [2.75, 3.05) is 13.2 Å². The molecule has 0 aliphatic rings. The van der Waals surface area contributed by atoms with E-state index in [0.29, 0.717) is 31.2 Å². The highest BCUT2D eigenvalue weighted by Crippen LogP contribution is 2.20. The summed E-state index contributed by atoms with van der Waals surface area (Å²) in [4.78, 5) is 28.6. The van der Waals surface area contributed by atoms with Crippen molar-refractivity contribution in [3.63, 3.8) is 0 Å². The molecule has 0 fully saturated rings. The molecule has 1 unspecified atom stereocenters. The van der Waals surface area contributed by atoms with Gasteiger partial charge in [-0.15, -0.1) is 0 Å². The number of hydrogen-bond donors (Lipinski definition) is 1. The van der Waals surface area contributed by atoms with Gasteiger partial charge in [0.05, 0.1) is 0 Å². The molecule has 1 atom stereocenters. The van der Waals surface area contributed by atoms with Crippen LogP contribution in [0.4, 0.5) is 0 Å². The number of ether oxygens (including phenoxy) is 1. The van der Waals surface area contributed by atoms with Crippen molar-refractivity contribution >= 4 is 11.8 Å². The van der Waals surface area contributed by atoms with Crippen LogP contribution in [-0.4, -0.2) is 35.9 Å². The van der Waals surface area contributed by atoms with Crippen molar-refractivity contribution in [3.05, 3.63) is 101 Å². The van der Waals surface area contributed by atoms with E-state index in [1.54, 1.807) is 4.90 Å². The number of benzene rings is 3. The zero-order valence-corrected chi connectivity index (χ0v) is 21.9. The van der Waals surface area contributed by atoms with Gasteiger partial charge in [-0.1, -0.05) is 93.1 Å². The second-order valence-corrected chi connectivity index (χ2v) is 9.52. The van der Waals surface area contributed by atoms with E-state index in [4.69, 9.17) is 4.74 Å². The highest BCUT2D eigenvalue weighted by molar-refractivity contribution is 5.88. The van der Waals surface area contributed by atoms with Gasteiger partial charge >= 0.3 is 0 Å². The van der Waals surface area contributed by atoms with E-state index in [9.17, 15) is 9.59 Å². The molecule has 5 heteroatoms. The number of nitrogens with one attached hydrogen (secondary N) is 1. The molecule has 5 nitrogen and oxygen atoms in total. The Bertz CT molecular complexity index is 1110. The van der Waals surface area contributed by atoms with Gasteiger partial charge in [0, 0.05) is 19.5 Å². The smallest absolute Gasteiger partial charge is 0.261 e. The van der Waals surface area contributed by atoms with Gasteiger partial charge < -0.3 is 15.0 Å². The van der Waals surface area contributed by atoms with Gasteiger partial charge in [-0.3, -0.25) is 9.59 Å². The summed E-state index contributed by atoms with van der Waals surface area (Å²) in [5.74, 6) is 0.684. The van der Waals surface area contributed by atoms with Gasteiger partial charge in [0.15, 0.2) is 6.61 Å². The summed E-state index contributed by atoms with van der Waals surface area (Å²) in [5, 5.41) is 3.00. The van der Waals surface area contributed by atoms with E-state index < -0.39 is 6.04 Å². The standard InChI is InChI=1S/C31H38N2O3/c1-5-18-32-31(35)29(20-25-11-7-6-8-12-25)33(21-26-13-9-10-24(4)19-26)30(34)22-36-28-16-14-27(15-17-28)23(2)3/h6-17,19,23,29H,5,18,20-22H2,1-4H3,(H,32,35). The van der Waals surface area contributed by atoms with Gasteiger partial charge in [0.1, 0.15) is 11.8 Å². The van der Waals surface area contributed by atoms with Crippen molar-refractivity contribution in [1.29, 1.82) is 0 Å². The fourth-order valence-corrected chi connectivity index (χ4v) is 4.10. The molecule has 0 aromatic heterocycles. The maximum atomic E-state index is 13.6. The van der Waals surface area contributed by atoms with Gasteiger partial charge in [0.2, 0.25) is 5.91 Å². The number of aryl methyl sites for hydroxylation is 1. The van der Waals surface area contributed by atoms with Gasteiger partial charge in [0.25, 0.3) is 5.91 Å². The molecule has 0 spiro atoms. The van der Waals surface area contributed by atoms with Crippen LogP contribution in [0.25, 0.3) is 0 Å². The first-order valence-corrected chi connectivity index (χ1v) is 12.8. The van der Waals surface area contributed by atoms with Crippen LogP contribution < -0.4 is 10.1 Å². The third-order valence-electron chi connectivity index (χ3n) is 6.16. The van der Waals surface area contributed by atoms with Crippen LogP contribution in [0.3, 0.4) is 0 Å². The normalized spacial score (nSPS) is 11.7. The molecule has 0 aliphatic heterocycles. The Hall–Kier alpha value is -3.60. The van der Waals surface area contributed by atoms with Crippen molar-refractivity contribution in [3.8, 4) is 5.75 Å². The Balaban J connectivity index is 1.86. The molecule has 3 rings (SSSR count). The van der Waals surface area contributed by atoms with Crippen LogP contribution in [0.15, 0.2) is 78.9 Å².